The molecule has 1 aromatic carbocycles. The van der Waals surface area contributed by atoms with Crippen LogP contribution in [0.1, 0.15) is 5.56 Å². The fourth-order valence-corrected chi connectivity index (χ4v) is 1.41. The van der Waals surface area contributed by atoms with Gasteiger partial charge in [0, 0.05) is 16.3 Å². The van der Waals surface area contributed by atoms with Crippen molar-refractivity contribution in [1.82, 2.24) is 4.90 Å². The fraction of sp³-hybridized carbons (Fsp3) is 0.333. The highest BCUT2D eigenvalue weighted by Gasteiger charge is 1.98. The summed E-state index contributed by atoms with van der Waals surface area (Å²) in [6, 6.07) is 6.10. The van der Waals surface area contributed by atoms with Gasteiger partial charge in [-0.1, -0.05) is 6.07 Å². The van der Waals surface area contributed by atoms with Crippen LogP contribution in [0.15, 0.2) is 28.0 Å². The van der Waals surface area contributed by atoms with Gasteiger partial charge in [0.05, 0.1) is 0 Å². The molecule has 1 aromatic rings. The molecule has 0 aliphatic heterocycles. The highest BCUT2D eigenvalue weighted by atomic mass is 32.1. The number of benzene rings is 1. The summed E-state index contributed by atoms with van der Waals surface area (Å²) in [7, 11) is 4.10. The van der Waals surface area contributed by atoms with Crippen LogP contribution < -0.4 is 0 Å². The topological polar surface area (TPSA) is 3.24 Å². The van der Waals surface area contributed by atoms with E-state index < -0.39 is 0 Å². The summed E-state index contributed by atoms with van der Waals surface area (Å²) >= 11 is 8.54. The Morgan fingerprint density at radius 2 is 1.83 bits per heavy atom. The minimum atomic E-state index is 0.931. The number of hydrogen-bond acceptors (Lipinski definition) is 3. The van der Waals surface area contributed by atoms with Gasteiger partial charge in [-0.25, -0.2) is 0 Å². The van der Waals surface area contributed by atoms with Crippen LogP contribution in [0.4, 0.5) is 0 Å². The van der Waals surface area contributed by atoms with Gasteiger partial charge >= 0.3 is 0 Å². The van der Waals surface area contributed by atoms with E-state index in [4.69, 9.17) is 0 Å². The van der Waals surface area contributed by atoms with Crippen LogP contribution >= 0.6 is 25.3 Å². The molecule has 0 atom stereocenters. The SMILES string of the molecule is CN(C)Cc1ccc(S)c(S)c1. The molecule has 66 valence electrons. The van der Waals surface area contributed by atoms with Crippen LogP contribution in [-0.2, 0) is 6.54 Å². The highest BCUT2D eigenvalue weighted by Crippen LogP contribution is 2.19. The molecule has 0 saturated carbocycles. The van der Waals surface area contributed by atoms with Crippen molar-refractivity contribution in [2.45, 2.75) is 16.3 Å². The summed E-state index contributed by atoms with van der Waals surface area (Å²) < 4.78 is 0. The van der Waals surface area contributed by atoms with Crippen LogP contribution in [0.5, 0.6) is 0 Å². The van der Waals surface area contributed by atoms with Gasteiger partial charge in [0.25, 0.3) is 0 Å². The third kappa shape index (κ3) is 2.73. The van der Waals surface area contributed by atoms with E-state index in [1.54, 1.807) is 0 Å². The molecule has 0 saturated heterocycles. The molecule has 0 fully saturated rings. The zero-order valence-electron chi connectivity index (χ0n) is 7.28. The normalized spacial score (nSPS) is 10.8. The molecular formula is C9H13NS2. The first-order chi connectivity index (χ1) is 5.59. The first-order valence-electron chi connectivity index (χ1n) is 3.75. The molecule has 12 heavy (non-hydrogen) atoms. The van der Waals surface area contributed by atoms with Gasteiger partial charge < -0.3 is 4.90 Å². The summed E-state index contributed by atoms with van der Waals surface area (Å²) in [6.45, 7) is 0.946. The molecule has 0 aliphatic carbocycles. The van der Waals surface area contributed by atoms with Gasteiger partial charge in [0.15, 0.2) is 0 Å². The number of hydrogen-bond donors (Lipinski definition) is 2. The van der Waals surface area contributed by atoms with Crippen molar-refractivity contribution in [1.29, 1.82) is 0 Å². The predicted molar refractivity (Wildman–Crippen MR) is 58.3 cm³/mol. The van der Waals surface area contributed by atoms with Crippen LogP contribution in [0.25, 0.3) is 0 Å². The van der Waals surface area contributed by atoms with E-state index in [0.29, 0.717) is 0 Å². The second kappa shape index (κ2) is 4.21. The minimum Gasteiger partial charge on any atom is -0.305 e. The molecule has 0 N–H and O–H groups in total. The van der Waals surface area contributed by atoms with Gasteiger partial charge in [0.1, 0.15) is 0 Å². The third-order valence-electron chi connectivity index (χ3n) is 1.54. The molecule has 0 radical (unpaired) electrons. The lowest BCUT2D eigenvalue weighted by atomic mass is 10.2. The molecule has 0 amide bonds. The van der Waals surface area contributed by atoms with Crippen molar-refractivity contribution in [3.05, 3.63) is 23.8 Å². The summed E-state index contributed by atoms with van der Waals surface area (Å²) in [5, 5.41) is 0. The van der Waals surface area contributed by atoms with Crippen LogP contribution in [0.2, 0.25) is 0 Å². The number of thiol groups is 2. The zero-order chi connectivity index (χ0) is 9.14. The molecule has 0 aromatic heterocycles. The van der Waals surface area contributed by atoms with E-state index in [0.717, 1.165) is 16.3 Å². The van der Waals surface area contributed by atoms with Crippen LogP contribution in [-0.4, -0.2) is 19.0 Å². The van der Waals surface area contributed by atoms with Gasteiger partial charge in [-0.3, -0.25) is 0 Å². The minimum absolute atomic E-state index is 0.931. The number of rotatable bonds is 2. The standard InChI is InChI=1S/C9H13NS2/c1-10(2)6-7-3-4-8(11)9(12)5-7/h3-5,11-12H,6H2,1-2H3. The Balaban J connectivity index is 2.82. The molecular weight excluding hydrogens is 186 g/mol. The first-order valence-corrected chi connectivity index (χ1v) is 4.64. The van der Waals surface area contributed by atoms with Gasteiger partial charge in [-0.2, -0.15) is 0 Å². The van der Waals surface area contributed by atoms with Crippen molar-refractivity contribution in [2.75, 3.05) is 14.1 Å². The van der Waals surface area contributed by atoms with Crippen molar-refractivity contribution in [3.63, 3.8) is 0 Å². The third-order valence-corrected chi connectivity index (χ3v) is 2.47. The smallest absolute Gasteiger partial charge is 0.0228 e. The van der Waals surface area contributed by atoms with Crippen molar-refractivity contribution < 1.29 is 0 Å². The van der Waals surface area contributed by atoms with E-state index in [1.807, 2.05) is 26.2 Å². The lowest BCUT2D eigenvalue weighted by molar-refractivity contribution is 0.402. The van der Waals surface area contributed by atoms with Crippen molar-refractivity contribution in [3.8, 4) is 0 Å². The average Bonchev–Trinajstić information content (AvgIpc) is 1.96. The molecule has 1 nitrogen and oxygen atoms in total. The van der Waals surface area contributed by atoms with E-state index in [-0.39, 0.29) is 0 Å². The van der Waals surface area contributed by atoms with E-state index in [1.165, 1.54) is 5.56 Å². The summed E-state index contributed by atoms with van der Waals surface area (Å²) in [6.07, 6.45) is 0. The number of nitrogens with zero attached hydrogens (tertiary/aromatic N) is 1. The van der Waals surface area contributed by atoms with Crippen LogP contribution in [0, 0.1) is 0 Å². The highest BCUT2D eigenvalue weighted by molar-refractivity contribution is 7.83. The summed E-state index contributed by atoms with van der Waals surface area (Å²) in [5.74, 6) is 0. The Kier molecular flexibility index (Phi) is 3.50. The molecule has 0 heterocycles. The molecule has 0 bridgehead atoms. The van der Waals surface area contributed by atoms with Crippen molar-refractivity contribution >= 4 is 25.3 Å². The maximum atomic E-state index is 4.29. The molecule has 0 aliphatic rings. The van der Waals surface area contributed by atoms with Crippen LogP contribution in [0.3, 0.4) is 0 Å². The molecule has 0 spiro atoms. The zero-order valence-corrected chi connectivity index (χ0v) is 9.07. The van der Waals surface area contributed by atoms with Gasteiger partial charge in [-0.05, 0) is 31.8 Å². The quantitative estimate of drug-likeness (QED) is 0.691. The summed E-state index contributed by atoms with van der Waals surface area (Å²) in [5.41, 5.74) is 1.27. The van der Waals surface area contributed by atoms with E-state index in [9.17, 15) is 0 Å². The van der Waals surface area contributed by atoms with E-state index >= 15 is 0 Å². The Hall–Kier alpha value is -0.120. The van der Waals surface area contributed by atoms with Gasteiger partial charge in [0.2, 0.25) is 0 Å². The van der Waals surface area contributed by atoms with Crippen molar-refractivity contribution in [2.24, 2.45) is 0 Å². The Bertz CT molecular complexity index is 271. The summed E-state index contributed by atoms with van der Waals surface area (Å²) in [4.78, 5) is 4.00. The Morgan fingerprint density at radius 3 is 2.33 bits per heavy atom. The second-order valence-electron chi connectivity index (χ2n) is 3.06. The fourth-order valence-electron chi connectivity index (χ4n) is 1.03. The lowest BCUT2D eigenvalue weighted by Gasteiger charge is -2.10. The maximum absolute atomic E-state index is 4.29. The largest absolute Gasteiger partial charge is 0.305 e. The van der Waals surface area contributed by atoms with E-state index in [2.05, 4.69) is 36.2 Å². The maximum Gasteiger partial charge on any atom is 0.0228 e. The van der Waals surface area contributed by atoms with Gasteiger partial charge in [-0.15, -0.1) is 25.3 Å². The average molecular weight is 199 g/mol. The molecule has 3 heteroatoms. The second-order valence-corrected chi connectivity index (χ2v) is 4.02. The monoisotopic (exact) mass is 199 g/mol. The molecule has 1 rings (SSSR count). The Morgan fingerprint density at radius 1 is 1.17 bits per heavy atom. The molecule has 0 unspecified atom stereocenters. The first kappa shape index (κ1) is 9.96. The predicted octanol–water partition coefficient (Wildman–Crippen LogP) is 2.33. The Labute approximate surface area is 84.6 Å². The lowest BCUT2D eigenvalue weighted by Crippen LogP contribution is -2.10.